The number of aryl methyl sites for hydroxylation is 2. The molecule has 0 bridgehead atoms. The molecule has 9 rings (SSSR count). The summed E-state index contributed by atoms with van der Waals surface area (Å²) in [6.07, 6.45) is 4.80. The summed E-state index contributed by atoms with van der Waals surface area (Å²) in [5, 5.41) is 19.3. The van der Waals surface area contributed by atoms with E-state index in [0.717, 1.165) is 69.0 Å². The van der Waals surface area contributed by atoms with E-state index in [2.05, 4.69) is 56.3 Å². The molecule has 0 radical (unpaired) electrons. The van der Waals surface area contributed by atoms with E-state index in [1.165, 1.54) is 4.90 Å². The molecule has 4 amide bonds. The van der Waals surface area contributed by atoms with E-state index in [0.29, 0.717) is 67.6 Å². The van der Waals surface area contributed by atoms with E-state index >= 15 is 0 Å². The third-order valence-electron chi connectivity index (χ3n) is 14.9. The largest absolute Gasteiger partial charge is 0.391 e. The first-order chi connectivity index (χ1) is 39.0. The van der Waals surface area contributed by atoms with Crippen LogP contribution in [0.15, 0.2) is 109 Å². The van der Waals surface area contributed by atoms with E-state index in [1.54, 1.807) is 17.5 Å². The highest BCUT2D eigenvalue weighted by atomic mass is 32.1. The number of carbonyl (C=O) groups is 4. The molecule has 1 saturated carbocycles. The highest BCUT2D eigenvalue weighted by molar-refractivity contribution is 7.13. The normalized spacial score (nSPS) is 16.2. The van der Waals surface area contributed by atoms with Crippen LogP contribution in [0.3, 0.4) is 0 Å². The first-order valence-corrected chi connectivity index (χ1v) is 28.6. The number of β-amino-alcohol motifs (C(OH)–C–C–N with tert-alkyl or cyclic N) is 1. The number of aromatic nitrogens is 5. The molecule has 3 aromatic carbocycles. The van der Waals surface area contributed by atoms with Gasteiger partial charge in [-0.15, -0.1) is 11.3 Å². The number of carbonyl (C=O) groups excluding carboxylic acids is 4. The fourth-order valence-corrected chi connectivity index (χ4v) is 11.0. The van der Waals surface area contributed by atoms with E-state index in [4.69, 9.17) is 35.6 Å². The lowest BCUT2D eigenvalue weighted by molar-refractivity contribution is -0.144. The summed E-state index contributed by atoms with van der Waals surface area (Å²) in [4.78, 5) is 74.7. The summed E-state index contributed by atoms with van der Waals surface area (Å²) >= 11 is 1.57. The molecule has 3 atom stereocenters. The second kappa shape index (κ2) is 26.4. The number of aliphatic hydroxyl groups excluding tert-OH is 1. The van der Waals surface area contributed by atoms with Gasteiger partial charge >= 0.3 is 0 Å². The summed E-state index contributed by atoms with van der Waals surface area (Å²) < 4.78 is 18.9. The molecule has 19 nitrogen and oxygen atoms in total. The summed E-state index contributed by atoms with van der Waals surface area (Å²) in [5.74, 6) is -0.251. The van der Waals surface area contributed by atoms with Crippen molar-refractivity contribution in [2.75, 3.05) is 58.5 Å². The molecule has 2 fully saturated rings. The SMILES string of the molecule is Cc1ncsc1-c1ccc(CNC(=O)[C@@H]2C[C@@H](O)CN2C(=O)C(NC(=O)CCOCCOCCOCCNC(=O)CCc2cccc(-c3ccc4nc(-c5cccnc5N)n(-c5ccc(C6(N)CCC6)cc5)c4n3)c2)C(C)(C)C)cc1. The summed E-state index contributed by atoms with van der Waals surface area (Å²) in [7, 11) is 0. The average molecular weight is 1120 g/mol. The molecule has 1 unspecified atom stereocenters. The molecule has 8 N–H and O–H groups in total. The number of nitrogens with one attached hydrogen (secondary N) is 3. The van der Waals surface area contributed by atoms with Crippen molar-refractivity contribution in [3.63, 3.8) is 0 Å². The Morgan fingerprint density at radius 1 is 0.815 bits per heavy atom. The molecular weight excluding hydrogens is 1050 g/mol. The Kier molecular flexibility index (Phi) is 19.0. The zero-order valence-electron chi connectivity index (χ0n) is 46.5. The number of hydrogen-bond donors (Lipinski definition) is 6. The summed E-state index contributed by atoms with van der Waals surface area (Å²) in [6, 6.07) is 30.1. The number of likely N-dealkylation sites (tertiary alicyclic amines) is 1. The quantitative estimate of drug-likeness (QED) is 0.0322. The number of nitrogens with zero attached hydrogens (tertiary/aromatic N) is 6. The van der Waals surface area contributed by atoms with Crippen molar-refractivity contribution in [2.24, 2.45) is 11.1 Å². The third-order valence-corrected chi connectivity index (χ3v) is 15.9. The van der Waals surface area contributed by atoms with Crippen LogP contribution in [0, 0.1) is 12.3 Å². The smallest absolute Gasteiger partial charge is 0.246 e. The zero-order valence-corrected chi connectivity index (χ0v) is 47.3. The van der Waals surface area contributed by atoms with Crippen molar-refractivity contribution in [1.29, 1.82) is 0 Å². The molecular formula is C61H73N11O8S. The summed E-state index contributed by atoms with van der Waals surface area (Å²) in [6.45, 7) is 9.70. The minimum atomic E-state index is -0.944. The number of rotatable bonds is 25. The highest BCUT2D eigenvalue weighted by Crippen LogP contribution is 2.40. The molecule has 20 heteroatoms. The lowest BCUT2D eigenvalue weighted by Gasteiger charge is -2.38. The van der Waals surface area contributed by atoms with Gasteiger partial charge in [0, 0.05) is 61.9 Å². The molecule has 1 aliphatic carbocycles. The highest BCUT2D eigenvalue weighted by Gasteiger charge is 2.44. The van der Waals surface area contributed by atoms with Gasteiger partial charge in [-0.3, -0.25) is 23.7 Å². The van der Waals surface area contributed by atoms with Gasteiger partial charge in [-0.25, -0.2) is 19.9 Å². The Bertz CT molecular complexity index is 3300. The average Bonchev–Trinajstić information content (AvgIpc) is 4.25. The lowest BCUT2D eigenvalue weighted by Crippen LogP contribution is -2.57. The van der Waals surface area contributed by atoms with Crippen LogP contribution in [0.1, 0.15) is 81.7 Å². The van der Waals surface area contributed by atoms with Gasteiger partial charge in [-0.1, -0.05) is 75.4 Å². The Hall–Kier alpha value is -7.46. The minimum Gasteiger partial charge on any atom is -0.391 e. The standard InChI is InChI=1S/C61H73N11O8S/c1-39-53(81-38-67-39)42-14-11-41(12-15-42)36-66-58(76)50-35-46(73)37-71(50)59(77)54(60(2,3)4)70-52(75)23-28-78-30-32-80-33-31-79-29-27-64-51(74)22-13-40-8-5-9-43(34-40)48-20-21-49-57(68-48)72(56(69-49)47-10-6-26-65-55(47)62)45-18-16-44(17-19-45)61(63)24-7-25-61/h5-6,8-12,14-21,26,34,38,46,50,54,73H,7,13,22-25,27-33,35-37,63H2,1-4H3,(H2,62,65)(H,64,74)(H,66,76)(H,70,75)/t46-,50+,54?/m1/s1. The van der Waals surface area contributed by atoms with E-state index in [-0.39, 0.29) is 69.0 Å². The topological polar surface area (TPSA) is 264 Å². The molecule has 0 spiro atoms. The third kappa shape index (κ3) is 14.5. The fourth-order valence-electron chi connectivity index (χ4n) is 10.2. The molecule has 1 aliphatic heterocycles. The molecule has 4 aromatic heterocycles. The van der Waals surface area contributed by atoms with Crippen LogP contribution in [-0.4, -0.2) is 129 Å². The van der Waals surface area contributed by atoms with Crippen LogP contribution >= 0.6 is 11.3 Å². The molecule has 1 saturated heterocycles. The Balaban J connectivity index is 0.653. The maximum absolute atomic E-state index is 14.0. The van der Waals surface area contributed by atoms with Gasteiger partial charge in [-0.05, 0) is 103 Å². The predicted octanol–water partition coefficient (Wildman–Crippen LogP) is 6.80. The van der Waals surface area contributed by atoms with E-state index in [9.17, 15) is 24.3 Å². The number of thiazole rings is 1. The van der Waals surface area contributed by atoms with Crippen LogP contribution in [0.4, 0.5) is 5.82 Å². The van der Waals surface area contributed by atoms with Crippen LogP contribution in [-0.2, 0) is 51.9 Å². The van der Waals surface area contributed by atoms with Crippen molar-refractivity contribution in [3.05, 3.63) is 131 Å². The van der Waals surface area contributed by atoms with Gasteiger partial charge in [0.25, 0.3) is 0 Å². The second-order valence-electron chi connectivity index (χ2n) is 21.9. The maximum Gasteiger partial charge on any atom is 0.246 e. The van der Waals surface area contributed by atoms with Crippen molar-refractivity contribution >= 4 is 51.9 Å². The number of nitrogen functional groups attached to an aromatic ring is 1. The van der Waals surface area contributed by atoms with Crippen LogP contribution in [0.5, 0.6) is 0 Å². The van der Waals surface area contributed by atoms with Crippen molar-refractivity contribution in [1.82, 2.24) is 45.4 Å². The second-order valence-corrected chi connectivity index (χ2v) is 22.7. The van der Waals surface area contributed by atoms with E-state index in [1.807, 2.05) is 105 Å². The van der Waals surface area contributed by atoms with Crippen molar-refractivity contribution < 1.29 is 38.5 Å². The fraction of sp³-hybridized carbons (Fsp3) is 0.410. The minimum absolute atomic E-state index is 0.00973. The van der Waals surface area contributed by atoms with Crippen LogP contribution in [0.25, 0.3) is 49.9 Å². The number of fused-ring (bicyclic) bond motifs is 1. The number of amides is 4. The number of anilines is 1. The van der Waals surface area contributed by atoms with Gasteiger partial charge in [0.2, 0.25) is 23.6 Å². The first kappa shape index (κ1) is 58.2. The monoisotopic (exact) mass is 1120 g/mol. The number of benzene rings is 3. The van der Waals surface area contributed by atoms with E-state index < -0.39 is 29.5 Å². The van der Waals surface area contributed by atoms with Gasteiger partial charge < -0.3 is 51.6 Å². The Morgan fingerprint density at radius 2 is 1.56 bits per heavy atom. The zero-order chi connectivity index (χ0) is 57.1. The lowest BCUT2D eigenvalue weighted by atomic mass is 9.73. The number of pyridine rings is 2. The number of nitrogens with two attached hydrogens (primary N) is 2. The van der Waals surface area contributed by atoms with Gasteiger partial charge in [0.05, 0.1) is 73.1 Å². The van der Waals surface area contributed by atoms with Gasteiger partial charge in [-0.2, -0.15) is 0 Å². The number of aliphatic hydroxyl groups is 1. The number of hydrogen-bond acceptors (Lipinski definition) is 15. The molecule has 81 heavy (non-hydrogen) atoms. The van der Waals surface area contributed by atoms with Crippen molar-refractivity contribution in [2.45, 2.75) is 103 Å². The molecule has 5 heterocycles. The summed E-state index contributed by atoms with van der Waals surface area (Å²) in [5.41, 5.74) is 23.5. The molecule has 7 aromatic rings. The van der Waals surface area contributed by atoms with Crippen molar-refractivity contribution in [3.8, 4) is 38.8 Å². The Morgan fingerprint density at radius 3 is 2.25 bits per heavy atom. The maximum atomic E-state index is 14.0. The Labute approximate surface area is 476 Å². The van der Waals surface area contributed by atoms with Crippen LogP contribution < -0.4 is 27.4 Å². The molecule has 2 aliphatic rings. The van der Waals surface area contributed by atoms with Gasteiger partial charge in [0.15, 0.2) is 11.5 Å². The number of ether oxygens (including phenoxy) is 3. The molecule has 426 valence electrons. The predicted molar refractivity (Wildman–Crippen MR) is 312 cm³/mol. The number of imidazole rings is 1. The van der Waals surface area contributed by atoms with Gasteiger partial charge in [0.1, 0.15) is 23.4 Å². The first-order valence-electron chi connectivity index (χ1n) is 27.7. The van der Waals surface area contributed by atoms with Crippen LogP contribution in [0.2, 0.25) is 0 Å².